The number of carbonyl (C=O) groups is 3. The second-order valence-corrected chi connectivity index (χ2v) is 5.97. The molecule has 0 unspecified atom stereocenters. The summed E-state index contributed by atoms with van der Waals surface area (Å²) in [6, 6.07) is 5.94. The van der Waals surface area contributed by atoms with Crippen LogP contribution in [0.2, 0.25) is 0 Å². The first-order valence-electron chi connectivity index (χ1n) is 7.48. The quantitative estimate of drug-likeness (QED) is 0.837. The molecule has 116 valence electrons. The van der Waals surface area contributed by atoms with E-state index in [1.165, 1.54) is 17.0 Å². The van der Waals surface area contributed by atoms with Gasteiger partial charge in [-0.1, -0.05) is 31.4 Å². The lowest BCUT2D eigenvalue weighted by Gasteiger charge is -2.30. The van der Waals surface area contributed by atoms with E-state index in [2.05, 4.69) is 5.32 Å². The van der Waals surface area contributed by atoms with Crippen LogP contribution in [-0.4, -0.2) is 33.5 Å². The minimum atomic E-state index is -1.03. The fraction of sp³-hybridized carbons (Fsp3) is 0.438. The summed E-state index contributed by atoms with van der Waals surface area (Å²) in [5.41, 5.74) is 0.0490. The smallest absolute Gasteiger partial charge is 0.335 e. The molecule has 22 heavy (non-hydrogen) atoms. The van der Waals surface area contributed by atoms with E-state index in [0.29, 0.717) is 18.4 Å². The summed E-state index contributed by atoms with van der Waals surface area (Å²) in [7, 11) is 0. The number of carbonyl (C=O) groups excluding carboxylic acids is 2. The number of carboxylic acid groups (broad SMARTS) is 1. The van der Waals surface area contributed by atoms with E-state index in [1.54, 1.807) is 12.1 Å². The highest BCUT2D eigenvalue weighted by molar-refractivity contribution is 6.07. The van der Waals surface area contributed by atoms with Gasteiger partial charge >= 0.3 is 12.0 Å². The fourth-order valence-electron chi connectivity index (χ4n) is 3.30. The highest BCUT2D eigenvalue weighted by Gasteiger charge is 2.51. The van der Waals surface area contributed by atoms with Crippen LogP contribution in [-0.2, 0) is 11.3 Å². The first-order chi connectivity index (χ1) is 10.5. The number of nitrogens with one attached hydrogen (secondary N) is 1. The van der Waals surface area contributed by atoms with Crippen LogP contribution in [0.3, 0.4) is 0 Å². The van der Waals surface area contributed by atoms with Gasteiger partial charge in [0.2, 0.25) is 0 Å². The molecule has 6 nitrogen and oxygen atoms in total. The van der Waals surface area contributed by atoms with Gasteiger partial charge in [-0.2, -0.15) is 0 Å². The van der Waals surface area contributed by atoms with Gasteiger partial charge in [0.15, 0.2) is 0 Å². The largest absolute Gasteiger partial charge is 0.478 e. The Morgan fingerprint density at radius 1 is 1.23 bits per heavy atom. The van der Waals surface area contributed by atoms with E-state index < -0.39 is 11.5 Å². The van der Waals surface area contributed by atoms with Crippen LogP contribution in [0.4, 0.5) is 4.79 Å². The Labute approximate surface area is 128 Å². The van der Waals surface area contributed by atoms with Crippen molar-refractivity contribution in [1.29, 1.82) is 0 Å². The number of carboxylic acids is 1. The van der Waals surface area contributed by atoms with Gasteiger partial charge in [0.05, 0.1) is 12.1 Å². The number of benzene rings is 1. The molecular weight excluding hydrogens is 284 g/mol. The molecule has 2 N–H and O–H groups in total. The van der Waals surface area contributed by atoms with Crippen molar-refractivity contribution in [2.75, 3.05) is 0 Å². The number of nitrogens with zero attached hydrogens (tertiary/aromatic N) is 1. The highest BCUT2D eigenvalue weighted by atomic mass is 16.4. The van der Waals surface area contributed by atoms with E-state index in [9.17, 15) is 14.4 Å². The molecule has 1 aliphatic carbocycles. The average molecular weight is 302 g/mol. The zero-order chi connectivity index (χ0) is 15.7. The molecule has 2 aliphatic rings. The van der Waals surface area contributed by atoms with E-state index in [4.69, 9.17) is 5.11 Å². The molecule has 1 aromatic rings. The van der Waals surface area contributed by atoms with Crippen LogP contribution in [0.5, 0.6) is 0 Å². The summed E-state index contributed by atoms with van der Waals surface area (Å²) < 4.78 is 0. The first kappa shape index (κ1) is 14.6. The molecule has 6 heteroatoms. The standard InChI is InChI=1S/C16H18N2O4/c19-13(20)12-6-4-5-11(9-12)10-18-14(21)16(17-15(18)22)7-2-1-3-8-16/h4-6,9H,1-3,7-8,10H2,(H,17,22)(H,19,20). The van der Waals surface area contributed by atoms with E-state index in [-0.39, 0.29) is 24.0 Å². The molecule has 1 heterocycles. The lowest BCUT2D eigenvalue weighted by atomic mass is 9.82. The Bertz CT molecular complexity index is 635. The molecule has 0 radical (unpaired) electrons. The van der Waals surface area contributed by atoms with Crippen molar-refractivity contribution in [3.63, 3.8) is 0 Å². The molecule has 2 fully saturated rings. The topological polar surface area (TPSA) is 86.7 Å². The second-order valence-electron chi connectivity index (χ2n) is 5.97. The van der Waals surface area contributed by atoms with Gasteiger partial charge in [0.1, 0.15) is 5.54 Å². The molecule has 1 saturated carbocycles. The van der Waals surface area contributed by atoms with Crippen molar-refractivity contribution in [2.45, 2.75) is 44.2 Å². The Morgan fingerprint density at radius 2 is 1.95 bits per heavy atom. The van der Waals surface area contributed by atoms with Crippen molar-refractivity contribution in [3.8, 4) is 0 Å². The first-order valence-corrected chi connectivity index (χ1v) is 7.48. The molecule has 0 atom stereocenters. The number of hydrogen-bond donors (Lipinski definition) is 2. The van der Waals surface area contributed by atoms with Gasteiger partial charge in [-0.25, -0.2) is 9.59 Å². The predicted octanol–water partition coefficient (Wildman–Crippen LogP) is 2.14. The third-order valence-corrected chi connectivity index (χ3v) is 4.47. The summed E-state index contributed by atoms with van der Waals surface area (Å²) in [4.78, 5) is 37.0. The molecule has 3 rings (SSSR count). The van der Waals surface area contributed by atoms with Crippen LogP contribution >= 0.6 is 0 Å². The lowest BCUT2D eigenvalue weighted by molar-refractivity contribution is -0.132. The summed E-state index contributed by atoms with van der Waals surface area (Å²) in [5, 5.41) is 11.9. The zero-order valence-electron chi connectivity index (χ0n) is 12.2. The van der Waals surface area contributed by atoms with Crippen molar-refractivity contribution in [2.24, 2.45) is 0 Å². The second kappa shape index (κ2) is 5.44. The minimum absolute atomic E-state index is 0.105. The Balaban J connectivity index is 1.80. The van der Waals surface area contributed by atoms with Gasteiger partial charge in [-0.3, -0.25) is 9.69 Å². The SMILES string of the molecule is O=C(O)c1cccc(CN2C(=O)NC3(CCCCC3)C2=O)c1. The summed E-state index contributed by atoms with van der Waals surface area (Å²) in [6.07, 6.45) is 4.33. The van der Waals surface area contributed by atoms with Crippen LogP contribution in [0.25, 0.3) is 0 Å². The molecule has 1 aromatic carbocycles. The zero-order valence-corrected chi connectivity index (χ0v) is 12.2. The predicted molar refractivity (Wildman–Crippen MR) is 78.3 cm³/mol. The third-order valence-electron chi connectivity index (χ3n) is 4.47. The number of hydrogen-bond acceptors (Lipinski definition) is 3. The molecule has 1 saturated heterocycles. The fourth-order valence-corrected chi connectivity index (χ4v) is 3.30. The number of imide groups is 1. The number of rotatable bonds is 3. The molecule has 0 bridgehead atoms. The monoisotopic (exact) mass is 302 g/mol. The molecular formula is C16H18N2O4. The van der Waals surface area contributed by atoms with Crippen LogP contribution in [0.1, 0.15) is 48.0 Å². The maximum Gasteiger partial charge on any atom is 0.335 e. The normalized spacial score (nSPS) is 20.3. The van der Waals surface area contributed by atoms with E-state index >= 15 is 0 Å². The van der Waals surface area contributed by atoms with Gasteiger partial charge < -0.3 is 10.4 Å². The minimum Gasteiger partial charge on any atom is -0.478 e. The Hall–Kier alpha value is -2.37. The van der Waals surface area contributed by atoms with E-state index in [0.717, 1.165) is 19.3 Å². The van der Waals surface area contributed by atoms with Crippen molar-refractivity contribution < 1.29 is 19.5 Å². The summed E-state index contributed by atoms with van der Waals surface area (Å²) >= 11 is 0. The van der Waals surface area contributed by atoms with Crippen molar-refractivity contribution in [3.05, 3.63) is 35.4 Å². The maximum atomic E-state index is 12.6. The lowest BCUT2D eigenvalue weighted by Crippen LogP contribution is -2.48. The van der Waals surface area contributed by atoms with Crippen molar-refractivity contribution in [1.82, 2.24) is 10.2 Å². The molecule has 0 aromatic heterocycles. The summed E-state index contributed by atoms with van der Waals surface area (Å²) in [5.74, 6) is -1.21. The molecule has 1 aliphatic heterocycles. The van der Waals surface area contributed by atoms with Gasteiger partial charge in [0, 0.05) is 0 Å². The van der Waals surface area contributed by atoms with Gasteiger partial charge in [-0.05, 0) is 30.5 Å². The Kier molecular flexibility index (Phi) is 3.60. The average Bonchev–Trinajstić information content (AvgIpc) is 2.73. The number of amides is 3. The van der Waals surface area contributed by atoms with Gasteiger partial charge in [-0.15, -0.1) is 0 Å². The van der Waals surface area contributed by atoms with Crippen LogP contribution in [0.15, 0.2) is 24.3 Å². The third kappa shape index (κ3) is 2.45. The number of urea groups is 1. The van der Waals surface area contributed by atoms with Crippen LogP contribution in [0, 0.1) is 0 Å². The number of aromatic carboxylic acids is 1. The van der Waals surface area contributed by atoms with Gasteiger partial charge in [0.25, 0.3) is 5.91 Å². The summed E-state index contributed by atoms with van der Waals surface area (Å²) in [6.45, 7) is 0.105. The van der Waals surface area contributed by atoms with Crippen molar-refractivity contribution >= 4 is 17.9 Å². The molecule has 3 amide bonds. The highest BCUT2D eigenvalue weighted by Crippen LogP contribution is 2.34. The Morgan fingerprint density at radius 3 is 2.64 bits per heavy atom. The molecule has 1 spiro atoms. The maximum absolute atomic E-state index is 12.6. The van der Waals surface area contributed by atoms with E-state index in [1.807, 2.05) is 0 Å². The van der Waals surface area contributed by atoms with Crippen LogP contribution < -0.4 is 5.32 Å².